The van der Waals surface area contributed by atoms with Crippen LogP contribution in [0.25, 0.3) is 0 Å². The number of benzene rings is 1. The Morgan fingerprint density at radius 2 is 1.21 bits per heavy atom. The zero-order chi connectivity index (χ0) is 11.0. The highest BCUT2D eigenvalue weighted by molar-refractivity contribution is 7.38. The van der Waals surface area contributed by atoms with E-state index in [1.165, 1.54) is 0 Å². The maximum atomic E-state index is 10.2. The van der Waals surface area contributed by atoms with Gasteiger partial charge in [-0.2, -0.15) is 0 Å². The number of rotatable bonds is 2. The van der Waals surface area contributed by atoms with Gasteiger partial charge < -0.3 is 14.7 Å². The fourth-order valence-electron chi connectivity index (χ4n) is 0.726. The highest BCUT2D eigenvalue weighted by Crippen LogP contribution is 2.11. The molecular weight excluding hydrogens is 207 g/mol. The van der Waals surface area contributed by atoms with Crippen LogP contribution in [0.3, 0.4) is 0 Å². The largest absolute Gasteiger partial charge is 0.328 e. The van der Waals surface area contributed by atoms with Gasteiger partial charge in [0, 0.05) is 11.1 Å². The van der Waals surface area contributed by atoms with E-state index in [1.807, 2.05) is 0 Å². The molecule has 0 aliphatic carbocycles. The molecule has 5 nitrogen and oxygen atoms in total. The van der Waals surface area contributed by atoms with Gasteiger partial charge in [-0.25, -0.2) is 0 Å². The molecule has 0 unspecified atom stereocenters. The molecule has 0 radical (unpaired) electrons. The van der Waals surface area contributed by atoms with E-state index in [2.05, 4.69) is 0 Å². The van der Waals surface area contributed by atoms with Crippen molar-refractivity contribution in [3.05, 3.63) is 35.4 Å². The van der Waals surface area contributed by atoms with Crippen LogP contribution in [0.15, 0.2) is 24.3 Å². The molecule has 1 rings (SSSR count). The summed E-state index contributed by atoms with van der Waals surface area (Å²) < 4.78 is 0. The van der Waals surface area contributed by atoms with Crippen molar-refractivity contribution in [3.63, 3.8) is 0 Å². The third-order valence-electron chi connectivity index (χ3n) is 1.25. The summed E-state index contributed by atoms with van der Waals surface area (Å²) in [5, 5.41) is 0. The van der Waals surface area contributed by atoms with E-state index < -0.39 is 8.60 Å². The summed E-state index contributed by atoms with van der Waals surface area (Å²) in [5.41, 5.74) is 0.884. The van der Waals surface area contributed by atoms with Crippen LogP contribution in [0.1, 0.15) is 20.7 Å². The number of hydrogen-bond donors (Lipinski definition) is 3. The Hall–Kier alpha value is -1.13. The molecular formula is C8H9O5P. The highest BCUT2D eigenvalue weighted by Gasteiger charge is 1.95. The molecule has 1 aromatic carbocycles. The number of hydrogen-bond acceptors (Lipinski definition) is 5. The van der Waals surface area contributed by atoms with Crippen LogP contribution in [-0.2, 0) is 0 Å². The lowest BCUT2D eigenvalue weighted by molar-refractivity contribution is 0.109. The normalized spacial score (nSPS) is 8.86. The Morgan fingerprint density at radius 3 is 1.43 bits per heavy atom. The van der Waals surface area contributed by atoms with Gasteiger partial charge in [-0.3, -0.25) is 9.59 Å². The molecule has 0 heterocycles. The van der Waals surface area contributed by atoms with Crippen LogP contribution in [-0.4, -0.2) is 27.3 Å². The molecule has 0 amide bonds. The van der Waals surface area contributed by atoms with E-state index in [9.17, 15) is 9.59 Å². The van der Waals surface area contributed by atoms with Gasteiger partial charge in [0.05, 0.1) is 0 Å². The van der Waals surface area contributed by atoms with Gasteiger partial charge in [-0.05, 0) is 0 Å². The van der Waals surface area contributed by atoms with Gasteiger partial charge in [0.15, 0.2) is 12.6 Å². The van der Waals surface area contributed by atoms with Crippen LogP contribution in [0, 0.1) is 0 Å². The summed E-state index contributed by atoms with van der Waals surface area (Å²) in [6, 6.07) is 6.65. The van der Waals surface area contributed by atoms with Gasteiger partial charge >= 0.3 is 8.60 Å². The SMILES string of the molecule is O=Cc1ccccc1C=O.OP(O)O. The zero-order valence-electron chi connectivity index (χ0n) is 7.07. The van der Waals surface area contributed by atoms with Crippen molar-refractivity contribution >= 4 is 21.2 Å². The maximum absolute atomic E-state index is 10.2. The second kappa shape index (κ2) is 7.29. The van der Waals surface area contributed by atoms with Crippen LogP contribution in [0.5, 0.6) is 0 Å². The quantitative estimate of drug-likeness (QED) is 0.494. The molecule has 0 saturated carbocycles. The fraction of sp³-hybridized carbons (Fsp3) is 0. The molecule has 0 aromatic heterocycles. The van der Waals surface area contributed by atoms with E-state index in [0.29, 0.717) is 23.7 Å². The first-order chi connectivity index (χ1) is 6.61. The Kier molecular flexibility index (Phi) is 6.70. The lowest BCUT2D eigenvalue weighted by Gasteiger charge is -1.91. The number of aldehydes is 2. The molecule has 14 heavy (non-hydrogen) atoms. The third kappa shape index (κ3) is 5.50. The van der Waals surface area contributed by atoms with Crippen molar-refractivity contribution in [2.24, 2.45) is 0 Å². The molecule has 6 heteroatoms. The summed E-state index contributed by atoms with van der Waals surface area (Å²) in [6.45, 7) is 0. The van der Waals surface area contributed by atoms with Gasteiger partial charge in [-0.15, -0.1) is 0 Å². The predicted octanol–water partition coefficient (Wildman–Crippen LogP) is 0.502. The second-order valence-electron chi connectivity index (χ2n) is 2.13. The second-order valence-corrected chi connectivity index (χ2v) is 2.67. The Morgan fingerprint density at radius 1 is 0.929 bits per heavy atom. The van der Waals surface area contributed by atoms with Gasteiger partial charge in [0.1, 0.15) is 0 Å². The number of carbonyl (C=O) groups is 2. The van der Waals surface area contributed by atoms with Crippen molar-refractivity contribution in [3.8, 4) is 0 Å². The molecule has 0 bridgehead atoms. The third-order valence-corrected chi connectivity index (χ3v) is 1.25. The molecule has 76 valence electrons. The van der Waals surface area contributed by atoms with E-state index in [1.54, 1.807) is 24.3 Å². The average molecular weight is 216 g/mol. The van der Waals surface area contributed by atoms with E-state index in [0.717, 1.165) is 0 Å². The van der Waals surface area contributed by atoms with Crippen LogP contribution < -0.4 is 0 Å². The predicted molar refractivity (Wildman–Crippen MR) is 50.8 cm³/mol. The Bertz CT molecular complexity index is 270. The number of carbonyl (C=O) groups excluding carboxylic acids is 2. The first-order valence-electron chi connectivity index (χ1n) is 3.48. The minimum absolute atomic E-state index is 0.442. The summed E-state index contributed by atoms with van der Waals surface area (Å²) in [7, 11) is -2.62. The molecule has 0 aliphatic heterocycles. The van der Waals surface area contributed by atoms with Gasteiger partial charge in [0.2, 0.25) is 0 Å². The van der Waals surface area contributed by atoms with E-state index >= 15 is 0 Å². The van der Waals surface area contributed by atoms with Crippen LogP contribution in [0.4, 0.5) is 0 Å². The molecule has 0 saturated heterocycles. The molecule has 0 spiro atoms. The van der Waals surface area contributed by atoms with Crippen molar-refractivity contribution in [1.82, 2.24) is 0 Å². The van der Waals surface area contributed by atoms with Crippen molar-refractivity contribution in [1.29, 1.82) is 0 Å². The van der Waals surface area contributed by atoms with Crippen molar-refractivity contribution in [2.45, 2.75) is 0 Å². The Labute approximate surface area is 81.6 Å². The lowest BCUT2D eigenvalue weighted by Crippen LogP contribution is -1.87. The van der Waals surface area contributed by atoms with E-state index in [4.69, 9.17) is 14.7 Å². The van der Waals surface area contributed by atoms with Gasteiger partial charge in [-0.1, -0.05) is 24.3 Å². The minimum atomic E-state index is -2.62. The minimum Gasteiger partial charge on any atom is -0.328 e. The topological polar surface area (TPSA) is 94.8 Å². The van der Waals surface area contributed by atoms with E-state index in [-0.39, 0.29) is 0 Å². The van der Waals surface area contributed by atoms with Crippen molar-refractivity contribution < 1.29 is 24.3 Å². The molecule has 0 atom stereocenters. The van der Waals surface area contributed by atoms with Crippen molar-refractivity contribution in [2.75, 3.05) is 0 Å². The standard InChI is InChI=1S/C8H6O2.H3O3P/c9-5-7-3-1-2-4-8(7)6-10;1-4(2)3/h1-6H;1-3H. The lowest BCUT2D eigenvalue weighted by atomic mass is 10.1. The zero-order valence-corrected chi connectivity index (χ0v) is 7.96. The molecule has 0 fully saturated rings. The smallest absolute Gasteiger partial charge is 0.324 e. The first-order valence-corrected chi connectivity index (χ1v) is 4.68. The first kappa shape index (κ1) is 12.9. The summed E-state index contributed by atoms with van der Waals surface area (Å²) in [6.07, 6.45) is 1.34. The fourth-order valence-corrected chi connectivity index (χ4v) is 0.726. The summed E-state index contributed by atoms with van der Waals surface area (Å²) >= 11 is 0. The molecule has 1 aromatic rings. The van der Waals surface area contributed by atoms with Crippen LogP contribution in [0.2, 0.25) is 0 Å². The Balaban J connectivity index is 0.000000364. The monoisotopic (exact) mass is 216 g/mol. The maximum Gasteiger partial charge on any atom is 0.324 e. The summed E-state index contributed by atoms with van der Waals surface area (Å²) in [4.78, 5) is 42.1. The van der Waals surface area contributed by atoms with Gasteiger partial charge in [0.25, 0.3) is 0 Å². The molecule has 3 N–H and O–H groups in total. The highest BCUT2D eigenvalue weighted by atomic mass is 31.2. The van der Waals surface area contributed by atoms with Crippen LogP contribution >= 0.6 is 8.60 Å². The average Bonchev–Trinajstić information content (AvgIpc) is 2.17. The molecule has 0 aliphatic rings. The summed E-state index contributed by atoms with van der Waals surface area (Å²) in [5.74, 6) is 0.